The van der Waals surface area contributed by atoms with Crippen LogP contribution in [0, 0.1) is 41.5 Å². The first kappa shape index (κ1) is 64.9. The zero-order chi connectivity index (χ0) is 59.2. The third-order valence-electron chi connectivity index (χ3n) is 19.1. The van der Waals surface area contributed by atoms with Gasteiger partial charge in [-0.2, -0.15) is 0 Å². The molecule has 1 atom stereocenters. The topological polar surface area (TPSA) is 3.24 Å². The second-order valence-electron chi connectivity index (χ2n) is 25.9. The van der Waals surface area contributed by atoms with Crippen molar-refractivity contribution in [1.82, 2.24) is 0 Å². The van der Waals surface area contributed by atoms with E-state index in [4.69, 9.17) is 0 Å². The summed E-state index contributed by atoms with van der Waals surface area (Å²) in [5.74, 6) is 0.598. The quantitative estimate of drug-likeness (QED) is 0.0423. The van der Waals surface area contributed by atoms with Gasteiger partial charge in [-0.05, 0) is 166 Å². The molecular formula is C82H111N. The van der Waals surface area contributed by atoms with Gasteiger partial charge in [-0.25, -0.2) is 0 Å². The summed E-state index contributed by atoms with van der Waals surface area (Å²) in [6, 6.07) is 55.3. The molecule has 2 aliphatic rings. The third-order valence-corrected chi connectivity index (χ3v) is 19.1. The largest absolute Gasteiger partial charge is 0.311 e. The highest BCUT2D eigenvalue weighted by molar-refractivity contribution is 5.83. The molecule has 83 heavy (non-hydrogen) atoms. The number of benzene rings is 7. The summed E-state index contributed by atoms with van der Waals surface area (Å²) in [7, 11) is 0. The van der Waals surface area contributed by atoms with Crippen LogP contribution >= 0.6 is 0 Å². The molecule has 7 aromatic rings. The van der Waals surface area contributed by atoms with Crippen molar-refractivity contribution in [3.05, 3.63) is 207 Å². The number of fused-ring (bicyclic) bond motifs is 6. The average molecular weight is 1110 g/mol. The molecule has 0 aromatic heterocycles. The minimum absolute atomic E-state index is 0.234. The van der Waals surface area contributed by atoms with Crippen molar-refractivity contribution in [2.45, 2.75) is 260 Å². The Morgan fingerprint density at radius 3 is 0.807 bits per heavy atom. The smallest absolute Gasteiger partial charge is 0.0461 e. The van der Waals surface area contributed by atoms with Gasteiger partial charge >= 0.3 is 0 Å². The van der Waals surface area contributed by atoms with E-state index >= 15 is 0 Å². The Morgan fingerprint density at radius 1 is 0.289 bits per heavy atom. The Labute approximate surface area is 508 Å². The van der Waals surface area contributed by atoms with Gasteiger partial charge in [0.15, 0.2) is 0 Å². The minimum atomic E-state index is 0.234. The van der Waals surface area contributed by atoms with Crippen molar-refractivity contribution in [1.29, 1.82) is 0 Å². The fourth-order valence-electron chi connectivity index (χ4n) is 13.9. The van der Waals surface area contributed by atoms with Crippen molar-refractivity contribution < 1.29 is 0 Å². The van der Waals surface area contributed by atoms with Crippen molar-refractivity contribution >= 4 is 17.1 Å². The molecule has 7 aromatic carbocycles. The van der Waals surface area contributed by atoms with Crippen molar-refractivity contribution in [2.24, 2.45) is 0 Å². The summed E-state index contributed by atoms with van der Waals surface area (Å²) in [4.78, 5) is 2.32. The Kier molecular flexibility index (Phi) is 25.5. The summed E-state index contributed by atoms with van der Waals surface area (Å²) in [6.45, 7) is 27.1. The molecule has 0 aliphatic heterocycles. The van der Waals surface area contributed by atoms with E-state index in [9.17, 15) is 0 Å². The molecule has 0 fully saturated rings. The Morgan fingerprint density at radius 2 is 0.530 bits per heavy atom. The first-order valence-electron chi connectivity index (χ1n) is 33.8. The van der Waals surface area contributed by atoms with Gasteiger partial charge in [0.25, 0.3) is 0 Å². The fraction of sp³-hybridized carbons (Fsp3) is 0.488. The zero-order valence-corrected chi connectivity index (χ0v) is 54.6. The first-order valence-corrected chi connectivity index (χ1v) is 33.8. The predicted octanol–water partition coefficient (Wildman–Crippen LogP) is 25.9. The molecular weight excluding hydrogens is 999 g/mol. The summed E-state index contributed by atoms with van der Waals surface area (Å²) in [5, 5.41) is 0. The van der Waals surface area contributed by atoms with Gasteiger partial charge < -0.3 is 4.90 Å². The lowest BCUT2D eigenvalue weighted by Gasteiger charge is -2.33. The molecule has 1 unspecified atom stereocenters. The normalized spacial score (nSPS) is 13.4. The number of hydrogen-bond donors (Lipinski definition) is 0. The van der Waals surface area contributed by atoms with E-state index in [-0.39, 0.29) is 10.8 Å². The lowest BCUT2D eigenvalue weighted by molar-refractivity contribution is 0.397. The van der Waals surface area contributed by atoms with E-state index < -0.39 is 0 Å². The highest BCUT2D eigenvalue weighted by atomic mass is 15.1. The van der Waals surface area contributed by atoms with Crippen LogP contribution in [0.3, 0.4) is 0 Å². The van der Waals surface area contributed by atoms with Gasteiger partial charge in [-0.1, -0.05) is 313 Å². The lowest BCUT2D eigenvalue weighted by atomic mass is 9.70. The molecule has 0 spiro atoms. The van der Waals surface area contributed by atoms with Gasteiger partial charge in [-0.3, -0.25) is 0 Å². The monoisotopic (exact) mass is 1110 g/mol. The van der Waals surface area contributed by atoms with Crippen LogP contribution < -0.4 is 4.90 Å². The summed E-state index contributed by atoms with van der Waals surface area (Å²) in [6.07, 6.45) is 33.8. The molecule has 444 valence electrons. The third kappa shape index (κ3) is 16.8. The van der Waals surface area contributed by atoms with Gasteiger partial charge in [0, 0.05) is 27.9 Å². The van der Waals surface area contributed by atoms with Gasteiger partial charge in [0.2, 0.25) is 0 Å². The molecule has 0 radical (unpaired) electrons. The van der Waals surface area contributed by atoms with Crippen molar-refractivity contribution in [2.75, 3.05) is 4.90 Å². The van der Waals surface area contributed by atoms with Gasteiger partial charge in [0.1, 0.15) is 0 Å². The van der Waals surface area contributed by atoms with E-state index in [1.165, 1.54) is 239 Å². The van der Waals surface area contributed by atoms with Crippen LogP contribution in [0.4, 0.5) is 17.1 Å². The Bertz CT molecular complexity index is 2840. The number of aryl methyl sites for hydroxylation is 6. The summed E-state index contributed by atoms with van der Waals surface area (Å²) >= 11 is 0. The molecule has 1 heteroatoms. The van der Waals surface area contributed by atoms with Crippen LogP contribution in [0.1, 0.15) is 269 Å². The van der Waals surface area contributed by atoms with Crippen LogP contribution in [0.15, 0.2) is 146 Å². The van der Waals surface area contributed by atoms with E-state index in [1.807, 2.05) is 0 Å². The highest BCUT2D eigenvalue weighted by Crippen LogP contribution is 2.56. The molecule has 0 saturated carbocycles. The molecule has 9 rings (SSSR count). The summed E-state index contributed by atoms with van der Waals surface area (Å²) in [5.41, 5.74) is 26.2. The Balaban J connectivity index is 0.000000180. The maximum absolute atomic E-state index is 2.53. The first-order chi connectivity index (χ1) is 40.3. The maximum Gasteiger partial charge on any atom is 0.0461 e. The zero-order valence-electron chi connectivity index (χ0n) is 54.6. The maximum atomic E-state index is 2.53. The minimum Gasteiger partial charge on any atom is -0.311 e. The Hall–Kier alpha value is -5.66. The summed E-state index contributed by atoms with van der Waals surface area (Å²) < 4.78 is 0. The van der Waals surface area contributed by atoms with Crippen molar-refractivity contribution in [3.8, 4) is 22.3 Å². The van der Waals surface area contributed by atoms with E-state index in [0.717, 1.165) is 0 Å². The average Bonchev–Trinajstić information content (AvgIpc) is 4.16. The van der Waals surface area contributed by atoms with Crippen molar-refractivity contribution in [3.63, 3.8) is 0 Å². The SMILES string of the molecule is CCC(C)c1ccc(N(c2ccc(C)cc2)c2ccc(C)cc2)cc1.CCCCCCC1(CCCCCC)c2cc(C)ccc2-c2ccc(C)cc21.CCCCCCCCC1(CCCCCCCC)c2cc(C)ccc2-c2ccc(C)cc21. The van der Waals surface area contributed by atoms with E-state index in [0.29, 0.717) is 5.92 Å². The predicted molar refractivity (Wildman–Crippen MR) is 367 cm³/mol. The van der Waals surface area contributed by atoms with Crippen LogP contribution in [0.25, 0.3) is 22.3 Å². The molecule has 0 heterocycles. The molecule has 1 nitrogen and oxygen atoms in total. The number of nitrogens with zero attached hydrogens (tertiary/aromatic N) is 1. The molecule has 0 saturated heterocycles. The van der Waals surface area contributed by atoms with E-state index in [2.05, 4.69) is 234 Å². The number of hydrogen-bond acceptors (Lipinski definition) is 1. The highest BCUT2D eigenvalue weighted by Gasteiger charge is 2.43. The standard InChI is InChI=1S/C31H46.C27H38.C24H27N/c1-5-7-9-11-13-15-21-31(22-16-14-12-10-8-6-2)29-23-25(3)17-19-27(29)28-20-18-26(4)24-30(28)31;1-5-7-9-11-17-27(18-12-10-8-6-2)25-19-21(3)13-15-23(25)24-16-14-22(4)20-26(24)27;1-5-20(4)21-10-16-24(17-11-21)25(22-12-6-18(2)7-13-22)23-14-8-19(3)9-15-23/h17-20,23-24H,5-16,21-22H2,1-4H3;13-16,19-20H,5-12,17-18H2,1-4H3;6-17,20H,5H2,1-4H3. The van der Waals surface area contributed by atoms with Gasteiger partial charge in [0.05, 0.1) is 0 Å². The van der Waals surface area contributed by atoms with Crippen LogP contribution in [0.2, 0.25) is 0 Å². The molecule has 0 amide bonds. The number of unbranched alkanes of at least 4 members (excludes halogenated alkanes) is 16. The molecule has 2 aliphatic carbocycles. The van der Waals surface area contributed by atoms with Crippen LogP contribution in [-0.4, -0.2) is 0 Å². The second-order valence-corrected chi connectivity index (χ2v) is 25.9. The van der Waals surface area contributed by atoms with Crippen LogP contribution in [0.5, 0.6) is 0 Å². The number of rotatable bonds is 29. The fourth-order valence-corrected chi connectivity index (χ4v) is 13.9. The lowest BCUT2D eigenvalue weighted by Crippen LogP contribution is -2.25. The molecule has 0 bridgehead atoms. The second kappa shape index (κ2) is 32.6. The number of anilines is 3. The van der Waals surface area contributed by atoms with E-state index in [1.54, 1.807) is 22.3 Å². The van der Waals surface area contributed by atoms with Crippen LogP contribution in [-0.2, 0) is 10.8 Å². The molecule has 0 N–H and O–H groups in total. The van der Waals surface area contributed by atoms with Gasteiger partial charge in [-0.15, -0.1) is 0 Å².